The van der Waals surface area contributed by atoms with Crippen LogP contribution in [-0.4, -0.2) is 23.1 Å². The molecule has 0 bridgehead atoms. The summed E-state index contributed by atoms with van der Waals surface area (Å²) in [6.07, 6.45) is 5.16. The van der Waals surface area contributed by atoms with Crippen molar-refractivity contribution in [1.29, 1.82) is 0 Å². The molecule has 22 heavy (non-hydrogen) atoms. The minimum Gasteiger partial charge on any atom is -0.368 e. The number of benzene rings is 1. The van der Waals surface area contributed by atoms with E-state index in [2.05, 4.69) is 14.9 Å². The monoisotopic (exact) mass is 295 g/mol. The summed E-state index contributed by atoms with van der Waals surface area (Å²) in [5.74, 6) is -0.189. The van der Waals surface area contributed by atoms with Crippen molar-refractivity contribution in [3.63, 3.8) is 0 Å². The highest BCUT2D eigenvalue weighted by molar-refractivity contribution is 5.85. The number of aromatic nitrogens is 2. The number of H-pyrrole nitrogens is 1. The Morgan fingerprint density at radius 1 is 1.05 bits per heavy atom. The molecule has 3 aromatic rings. The largest absolute Gasteiger partial charge is 0.368 e. The summed E-state index contributed by atoms with van der Waals surface area (Å²) in [7, 11) is 0. The molecule has 0 amide bonds. The number of anilines is 1. The zero-order valence-corrected chi connectivity index (χ0v) is 12.3. The van der Waals surface area contributed by atoms with Crippen molar-refractivity contribution in [2.75, 3.05) is 18.0 Å². The van der Waals surface area contributed by atoms with Crippen LogP contribution in [0.1, 0.15) is 19.3 Å². The van der Waals surface area contributed by atoms with Gasteiger partial charge in [-0.1, -0.05) is 18.2 Å². The molecule has 4 heteroatoms. The highest BCUT2D eigenvalue weighted by Gasteiger charge is 2.16. The molecule has 0 aliphatic carbocycles. The number of pyridine rings is 1. The van der Waals surface area contributed by atoms with Crippen LogP contribution in [0.2, 0.25) is 0 Å². The van der Waals surface area contributed by atoms with Crippen LogP contribution >= 0.6 is 0 Å². The van der Waals surface area contributed by atoms with Crippen LogP contribution in [0.3, 0.4) is 0 Å². The van der Waals surface area contributed by atoms with Crippen molar-refractivity contribution in [2.45, 2.75) is 19.3 Å². The number of rotatable bonds is 2. The number of halogens is 1. The van der Waals surface area contributed by atoms with Crippen LogP contribution in [-0.2, 0) is 0 Å². The summed E-state index contributed by atoms with van der Waals surface area (Å²) in [6, 6.07) is 11.6. The highest BCUT2D eigenvalue weighted by atomic mass is 19.1. The fourth-order valence-corrected chi connectivity index (χ4v) is 3.15. The Morgan fingerprint density at radius 3 is 2.64 bits per heavy atom. The van der Waals surface area contributed by atoms with Crippen LogP contribution in [0, 0.1) is 5.82 Å². The lowest BCUT2D eigenvalue weighted by Gasteiger charge is -2.28. The molecule has 2 aromatic heterocycles. The lowest BCUT2D eigenvalue weighted by atomic mass is 10.1. The maximum atomic E-state index is 14.5. The smallest absolute Gasteiger partial charge is 0.150 e. The molecule has 3 nitrogen and oxygen atoms in total. The fourth-order valence-electron chi connectivity index (χ4n) is 3.15. The number of hydrogen-bond donors (Lipinski definition) is 1. The molecule has 3 heterocycles. The first-order valence-electron chi connectivity index (χ1n) is 7.80. The van der Waals surface area contributed by atoms with E-state index in [0.717, 1.165) is 42.5 Å². The van der Waals surface area contributed by atoms with E-state index in [0.29, 0.717) is 11.4 Å². The third kappa shape index (κ3) is 2.34. The summed E-state index contributed by atoms with van der Waals surface area (Å²) in [6.45, 7) is 1.84. The van der Waals surface area contributed by atoms with Crippen molar-refractivity contribution < 1.29 is 4.39 Å². The van der Waals surface area contributed by atoms with E-state index in [9.17, 15) is 4.39 Å². The Hall–Kier alpha value is -2.36. The maximum absolute atomic E-state index is 14.5. The molecule has 0 radical (unpaired) electrons. The van der Waals surface area contributed by atoms with E-state index < -0.39 is 0 Å². The Bertz CT molecular complexity index is 770. The van der Waals surface area contributed by atoms with Crippen molar-refractivity contribution in [3.8, 4) is 11.4 Å². The molecule has 1 aromatic carbocycles. The van der Waals surface area contributed by atoms with Gasteiger partial charge in [0.25, 0.3) is 0 Å². The number of para-hydroxylation sites is 1. The van der Waals surface area contributed by atoms with Gasteiger partial charge >= 0.3 is 0 Å². The van der Waals surface area contributed by atoms with Gasteiger partial charge in [0.15, 0.2) is 0 Å². The number of nitrogens with one attached hydrogen (secondary N) is 1. The minimum atomic E-state index is -0.189. The second-order valence-corrected chi connectivity index (χ2v) is 5.84. The second kappa shape index (κ2) is 5.44. The van der Waals surface area contributed by atoms with Gasteiger partial charge in [0, 0.05) is 30.1 Å². The van der Waals surface area contributed by atoms with E-state index >= 15 is 0 Å². The van der Waals surface area contributed by atoms with Gasteiger partial charge < -0.3 is 9.88 Å². The lowest BCUT2D eigenvalue weighted by molar-refractivity contribution is 0.556. The van der Waals surface area contributed by atoms with Gasteiger partial charge in [-0.2, -0.15) is 0 Å². The van der Waals surface area contributed by atoms with Crippen LogP contribution in [0.5, 0.6) is 0 Å². The van der Waals surface area contributed by atoms with Crippen LogP contribution in [0.4, 0.5) is 10.1 Å². The number of piperidine rings is 1. The summed E-state index contributed by atoms with van der Waals surface area (Å²) >= 11 is 0. The first-order valence-corrected chi connectivity index (χ1v) is 7.80. The molecule has 0 atom stereocenters. The molecule has 112 valence electrons. The van der Waals surface area contributed by atoms with Gasteiger partial charge in [0.2, 0.25) is 0 Å². The van der Waals surface area contributed by atoms with Gasteiger partial charge in [0.1, 0.15) is 5.82 Å². The average Bonchev–Trinajstić information content (AvgIpc) is 2.99. The van der Waals surface area contributed by atoms with E-state index in [1.807, 2.05) is 30.3 Å². The summed E-state index contributed by atoms with van der Waals surface area (Å²) in [5.41, 5.74) is 3.17. The van der Waals surface area contributed by atoms with E-state index in [-0.39, 0.29) is 5.82 Å². The molecule has 1 fully saturated rings. The zero-order valence-electron chi connectivity index (χ0n) is 12.3. The first-order chi connectivity index (χ1) is 10.8. The molecular formula is C18H18FN3. The quantitative estimate of drug-likeness (QED) is 0.761. The number of hydrogen-bond acceptors (Lipinski definition) is 2. The molecule has 4 rings (SSSR count). The number of fused-ring (bicyclic) bond motifs is 1. The molecule has 1 aliphatic heterocycles. The predicted molar refractivity (Wildman–Crippen MR) is 87.6 cm³/mol. The Labute approximate surface area is 128 Å². The van der Waals surface area contributed by atoms with Crippen molar-refractivity contribution in [3.05, 3.63) is 48.4 Å². The van der Waals surface area contributed by atoms with Gasteiger partial charge in [-0.15, -0.1) is 0 Å². The predicted octanol–water partition coefficient (Wildman–Crippen LogP) is 4.36. The van der Waals surface area contributed by atoms with Gasteiger partial charge in [-0.05, 0) is 31.4 Å². The van der Waals surface area contributed by atoms with Gasteiger partial charge in [-0.25, -0.2) is 4.39 Å². The Morgan fingerprint density at radius 2 is 1.86 bits per heavy atom. The fraction of sp³-hybridized carbons (Fsp3) is 0.278. The van der Waals surface area contributed by atoms with Crippen molar-refractivity contribution in [2.24, 2.45) is 0 Å². The van der Waals surface area contributed by atoms with Crippen LogP contribution in [0.25, 0.3) is 22.3 Å². The van der Waals surface area contributed by atoms with Crippen LogP contribution in [0.15, 0.2) is 42.6 Å². The topological polar surface area (TPSA) is 31.9 Å². The normalized spacial score (nSPS) is 15.4. The molecule has 0 unspecified atom stereocenters. The van der Waals surface area contributed by atoms with E-state index in [1.54, 1.807) is 6.20 Å². The molecule has 1 N–H and O–H groups in total. The summed E-state index contributed by atoms with van der Waals surface area (Å²) in [5, 5.41) is 1.11. The maximum Gasteiger partial charge on any atom is 0.150 e. The molecule has 0 spiro atoms. The average molecular weight is 295 g/mol. The van der Waals surface area contributed by atoms with E-state index in [4.69, 9.17) is 0 Å². The third-order valence-electron chi connectivity index (χ3n) is 4.34. The van der Waals surface area contributed by atoms with Gasteiger partial charge in [0.05, 0.1) is 23.3 Å². The first kappa shape index (κ1) is 13.3. The summed E-state index contributed by atoms with van der Waals surface area (Å²) < 4.78 is 14.5. The highest BCUT2D eigenvalue weighted by Crippen LogP contribution is 2.27. The lowest BCUT2D eigenvalue weighted by Crippen LogP contribution is -2.30. The van der Waals surface area contributed by atoms with E-state index in [1.165, 1.54) is 12.5 Å². The Balaban J connectivity index is 1.69. The van der Waals surface area contributed by atoms with Crippen molar-refractivity contribution in [1.82, 2.24) is 9.97 Å². The number of aromatic amines is 1. The molecule has 1 aliphatic rings. The number of nitrogens with zero attached hydrogens (tertiary/aromatic N) is 2. The minimum absolute atomic E-state index is 0.189. The zero-order chi connectivity index (χ0) is 14.9. The molecule has 1 saturated heterocycles. The molecule has 0 saturated carbocycles. The second-order valence-electron chi connectivity index (χ2n) is 5.84. The standard InChI is InChI=1S/C18H18FN3/c19-14-11-16(17-10-13-6-2-3-7-15(13)21-17)20-12-18(14)22-8-4-1-5-9-22/h2-3,6-7,10-12,21H,1,4-5,8-9H2. The van der Waals surface area contributed by atoms with Crippen LogP contribution < -0.4 is 4.90 Å². The van der Waals surface area contributed by atoms with Crippen molar-refractivity contribution >= 4 is 16.6 Å². The SMILES string of the molecule is Fc1cc(-c2cc3ccccc3[nH]2)ncc1N1CCCCC1. The summed E-state index contributed by atoms with van der Waals surface area (Å²) in [4.78, 5) is 9.86. The Kier molecular flexibility index (Phi) is 3.29. The molecular weight excluding hydrogens is 277 g/mol. The van der Waals surface area contributed by atoms with Gasteiger partial charge in [-0.3, -0.25) is 4.98 Å². The third-order valence-corrected chi connectivity index (χ3v) is 4.34.